The topological polar surface area (TPSA) is 9.23 Å². The smallest absolute Gasteiger partial charge is 0.248 e. The Bertz CT molecular complexity index is 704. The molecule has 3 aromatic carbocycles. The Balaban J connectivity index is 2.23. The summed E-state index contributed by atoms with van der Waals surface area (Å²) in [4.78, 5) is 0. The molecule has 0 aliphatic carbocycles. The van der Waals surface area contributed by atoms with E-state index >= 15 is 0 Å². The lowest BCUT2D eigenvalue weighted by atomic mass is 10.3. The molecule has 3 aromatic rings. The van der Waals surface area contributed by atoms with E-state index in [9.17, 15) is 0 Å². The molecule has 0 heterocycles. The molecule has 0 saturated heterocycles. The second kappa shape index (κ2) is 6.38. The van der Waals surface area contributed by atoms with Crippen molar-refractivity contribution in [2.75, 3.05) is 7.11 Å². The minimum absolute atomic E-state index is 0.835. The van der Waals surface area contributed by atoms with Gasteiger partial charge in [-0.2, -0.15) is 0 Å². The number of methoxy groups -OCH3 is 1. The summed E-state index contributed by atoms with van der Waals surface area (Å²) in [5, 5.41) is 3.48. The first kappa shape index (κ1) is 14.9. The third kappa shape index (κ3) is 2.68. The van der Waals surface area contributed by atoms with Crippen LogP contribution in [0.5, 0.6) is 5.75 Å². The van der Waals surface area contributed by atoms with Crippen molar-refractivity contribution < 1.29 is 4.74 Å². The molecule has 0 spiro atoms. The highest BCUT2D eigenvalue weighted by Gasteiger charge is 2.37. The van der Waals surface area contributed by atoms with E-state index in [1.54, 1.807) is 7.11 Å². The van der Waals surface area contributed by atoms with Crippen LogP contribution >= 0.6 is 11.1 Å². The molecule has 0 aliphatic heterocycles. The van der Waals surface area contributed by atoms with Crippen molar-refractivity contribution in [3.05, 3.63) is 84.9 Å². The summed E-state index contributed by atoms with van der Waals surface area (Å²) < 4.78 is 5.39. The highest BCUT2D eigenvalue weighted by Crippen LogP contribution is 2.15. The molecular formula is C19H17ClOSi. The van der Waals surface area contributed by atoms with Crippen LogP contribution in [-0.4, -0.2) is 14.5 Å². The molecule has 0 saturated carbocycles. The maximum absolute atomic E-state index is 7.33. The van der Waals surface area contributed by atoms with Gasteiger partial charge >= 0.3 is 0 Å². The average Bonchev–Trinajstić information content (AvgIpc) is 2.62. The maximum atomic E-state index is 7.33. The molecule has 0 bridgehead atoms. The summed E-state index contributed by atoms with van der Waals surface area (Å²) in [5.74, 6) is 0.835. The van der Waals surface area contributed by atoms with E-state index in [1.165, 1.54) is 10.4 Å². The first-order valence-electron chi connectivity index (χ1n) is 7.19. The Hall–Kier alpha value is -2.03. The SMILES string of the molecule is COc1cccc([Si](Cl)(c2ccccc2)c2ccccc2)c1. The summed E-state index contributed by atoms with van der Waals surface area (Å²) in [5.41, 5.74) is 0. The lowest BCUT2D eigenvalue weighted by molar-refractivity contribution is 0.415. The van der Waals surface area contributed by atoms with Gasteiger partial charge in [-0.25, -0.2) is 0 Å². The van der Waals surface area contributed by atoms with Crippen LogP contribution in [0.15, 0.2) is 84.9 Å². The van der Waals surface area contributed by atoms with Gasteiger partial charge in [-0.3, -0.25) is 0 Å². The van der Waals surface area contributed by atoms with Gasteiger partial charge in [0.25, 0.3) is 0 Å². The number of halogens is 1. The third-order valence-electron chi connectivity index (χ3n) is 3.81. The fourth-order valence-electron chi connectivity index (χ4n) is 2.67. The molecule has 0 amide bonds. The molecule has 3 rings (SSSR count). The lowest BCUT2D eigenvalue weighted by Crippen LogP contribution is -2.62. The highest BCUT2D eigenvalue weighted by atomic mass is 35.6. The molecule has 3 heteroatoms. The largest absolute Gasteiger partial charge is 0.497 e. The zero-order valence-electron chi connectivity index (χ0n) is 12.4. The number of rotatable bonds is 4. The number of benzene rings is 3. The lowest BCUT2D eigenvalue weighted by Gasteiger charge is -2.26. The summed E-state index contributed by atoms with van der Waals surface area (Å²) in [6, 6.07) is 28.8. The summed E-state index contributed by atoms with van der Waals surface area (Å²) >= 11 is 7.33. The van der Waals surface area contributed by atoms with Crippen LogP contribution in [0.1, 0.15) is 0 Å². The van der Waals surface area contributed by atoms with Crippen LogP contribution in [0.3, 0.4) is 0 Å². The zero-order chi connectivity index (χ0) is 15.4. The number of hydrogen-bond acceptors (Lipinski definition) is 1. The molecule has 110 valence electrons. The average molecular weight is 325 g/mol. The standard InChI is InChI=1S/C19H17ClOSi/c1-21-16-9-8-14-19(15-16)22(20,17-10-4-2-5-11-17)18-12-6-3-7-13-18/h2-15H,1H3. The van der Waals surface area contributed by atoms with Gasteiger partial charge < -0.3 is 4.74 Å². The second-order valence-corrected chi connectivity index (χ2v) is 9.87. The third-order valence-corrected chi connectivity index (χ3v) is 9.14. The predicted octanol–water partition coefficient (Wildman–Crippen LogP) is 2.90. The highest BCUT2D eigenvalue weighted by molar-refractivity contribution is 7.40. The molecular weight excluding hydrogens is 308 g/mol. The maximum Gasteiger partial charge on any atom is 0.248 e. The van der Waals surface area contributed by atoms with E-state index in [0.29, 0.717) is 0 Å². The van der Waals surface area contributed by atoms with E-state index in [0.717, 1.165) is 10.9 Å². The molecule has 0 aromatic heterocycles. The van der Waals surface area contributed by atoms with Gasteiger partial charge in [-0.05, 0) is 27.7 Å². The van der Waals surface area contributed by atoms with E-state index in [4.69, 9.17) is 15.8 Å². The quantitative estimate of drug-likeness (QED) is 0.407. The molecule has 0 radical (unpaired) electrons. The Morgan fingerprint density at radius 2 is 1.18 bits per heavy atom. The fourth-order valence-corrected chi connectivity index (χ4v) is 6.75. The van der Waals surface area contributed by atoms with Gasteiger partial charge in [0.1, 0.15) is 5.75 Å². The monoisotopic (exact) mass is 324 g/mol. The van der Waals surface area contributed by atoms with Crippen molar-refractivity contribution in [3.8, 4) is 5.75 Å². The Morgan fingerprint density at radius 1 is 0.682 bits per heavy atom. The van der Waals surface area contributed by atoms with Crippen LogP contribution in [0.25, 0.3) is 0 Å². The summed E-state index contributed by atoms with van der Waals surface area (Å²) in [6.45, 7) is 0. The predicted molar refractivity (Wildman–Crippen MR) is 96.4 cm³/mol. The minimum atomic E-state index is -2.53. The van der Waals surface area contributed by atoms with Crippen molar-refractivity contribution in [2.24, 2.45) is 0 Å². The normalized spacial score (nSPS) is 11.2. The molecule has 0 aliphatic rings. The van der Waals surface area contributed by atoms with Crippen LogP contribution in [0.4, 0.5) is 0 Å². The van der Waals surface area contributed by atoms with Crippen molar-refractivity contribution in [2.45, 2.75) is 0 Å². The summed E-state index contributed by atoms with van der Waals surface area (Å²) in [7, 11) is -0.851. The van der Waals surface area contributed by atoms with Crippen molar-refractivity contribution in [1.29, 1.82) is 0 Å². The number of hydrogen-bond donors (Lipinski definition) is 0. The van der Waals surface area contributed by atoms with Crippen LogP contribution < -0.4 is 20.3 Å². The van der Waals surface area contributed by atoms with Gasteiger partial charge in [0.15, 0.2) is 0 Å². The first-order valence-corrected chi connectivity index (χ1v) is 10.2. The van der Waals surface area contributed by atoms with E-state index in [2.05, 4.69) is 36.4 Å². The molecule has 0 fully saturated rings. The van der Waals surface area contributed by atoms with Gasteiger partial charge in [0.2, 0.25) is 7.38 Å². The van der Waals surface area contributed by atoms with Crippen LogP contribution in [0.2, 0.25) is 0 Å². The van der Waals surface area contributed by atoms with Crippen molar-refractivity contribution in [3.63, 3.8) is 0 Å². The molecule has 0 atom stereocenters. The van der Waals surface area contributed by atoms with E-state index in [-0.39, 0.29) is 0 Å². The zero-order valence-corrected chi connectivity index (χ0v) is 14.1. The van der Waals surface area contributed by atoms with E-state index < -0.39 is 7.38 Å². The molecule has 22 heavy (non-hydrogen) atoms. The van der Waals surface area contributed by atoms with Gasteiger partial charge in [-0.15, -0.1) is 11.1 Å². The molecule has 0 unspecified atom stereocenters. The minimum Gasteiger partial charge on any atom is -0.497 e. The Labute approximate surface area is 136 Å². The van der Waals surface area contributed by atoms with Crippen molar-refractivity contribution >= 4 is 34.0 Å². The van der Waals surface area contributed by atoms with Gasteiger partial charge in [0.05, 0.1) is 7.11 Å². The van der Waals surface area contributed by atoms with Gasteiger partial charge in [0, 0.05) is 0 Å². The Morgan fingerprint density at radius 3 is 1.68 bits per heavy atom. The first-order chi connectivity index (χ1) is 10.7. The van der Waals surface area contributed by atoms with E-state index in [1.807, 2.05) is 48.5 Å². The fraction of sp³-hybridized carbons (Fsp3) is 0.0526. The van der Waals surface area contributed by atoms with Crippen molar-refractivity contribution in [1.82, 2.24) is 0 Å². The van der Waals surface area contributed by atoms with Gasteiger partial charge in [-0.1, -0.05) is 72.8 Å². The number of ether oxygens (including phenoxy) is 1. The Kier molecular flexibility index (Phi) is 4.32. The molecule has 1 nitrogen and oxygen atoms in total. The van der Waals surface area contributed by atoms with Crippen LogP contribution in [0, 0.1) is 0 Å². The summed E-state index contributed by atoms with van der Waals surface area (Å²) in [6.07, 6.45) is 0. The molecule has 0 N–H and O–H groups in total. The van der Waals surface area contributed by atoms with Crippen LogP contribution in [-0.2, 0) is 0 Å². The second-order valence-electron chi connectivity index (χ2n) is 5.12.